The van der Waals surface area contributed by atoms with Gasteiger partial charge in [-0.2, -0.15) is 0 Å². The summed E-state index contributed by atoms with van der Waals surface area (Å²) in [5, 5.41) is 0. The second-order valence-corrected chi connectivity index (χ2v) is 10.6. The molecule has 5 heteroatoms. The fraction of sp³-hybridized carbons (Fsp3) is 0.379. The number of hydrogen-bond acceptors (Lipinski definition) is 3. The average Bonchev–Trinajstić information content (AvgIpc) is 3.28. The second kappa shape index (κ2) is 12.0. The number of hydrogen-bond donors (Lipinski definition) is 0. The molecule has 2 aromatic carbocycles. The highest BCUT2D eigenvalue weighted by atomic mass is 32.1. The van der Waals surface area contributed by atoms with Crippen LogP contribution in [0, 0.1) is 6.92 Å². The van der Waals surface area contributed by atoms with E-state index in [2.05, 4.69) is 31.2 Å². The molecule has 3 aromatic rings. The Kier molecular flexibility index (Phi) is 8.53. The van der Waals surface area contributed by atoms with Gasteiger partial charge in [-0.25, -0.2) is 0 Å². The summed E-state index contributed by atoms with van der Waals surface area (Å²) >= 11 is 1.72. The smallest absolute Gasteiger partial charge is 0.242 e. The van der Waals surface area contributed by atoms with Crippen LogP contribution in [0.25, 0.3) is 0 Å². The molecule has 1 fully saturated rings. The standard InChI is InChI=1S/C29H34N2O2S/c1-23-17-18-27(34-23)21-30(20-25-13-7-3-8-14-25)29(33)22-31(26-15-9-4-10-16-26)28(32)19-24-11-5-2-6-12-24/h2-3,5-8,11-14,17-18,26H,4,9-10,15-16,19-22H2,1H3. The van der Waals surface area contributed by atoms with Gasteiger partial charge in [-0.15, -0.1) is 11.3 Å². The van der Waals surface area contributed by atoms with Crippen LogP contribution in [0.1, 0.15) is 53.0 Å². The normalized spacial score (nSPS) is 14.0. The summed E-state index contributed by atoms with van der Waals surface area (Å²) in [5.41, 5.74) is 2.10. The largest absolute Gasteiger partial charge is 0.332 e. The Bertz CT molecular complexity index is 1060. The van der Waals surface area contributed by atoms with Crippen molar-refractivity contribution in [3.8, 4) is 0 Å². The molecule has 0 aliphatic heterocycles. The third-order valence-corrected chi connectivity index (χ3v) is 7.54. The SMILES string of the molecule is Cc1ccc(CN(Cc2ccccc2)C(=O)CN(C(=O)Cc2ccccc2)C2CCCCC2)s1. The minimum absolute atomic E-state index is 0.0156. The highest BCUT2D eigenvalue weighted by Gasteiger charge is 2.29. The maximum absolute atomic E-state index is 13.7. The van der Waals surface area contributed by atoms with Crippen molar-refractivity contribution >= 4 is 23.2 Å². The van der Waals surface area contributed by atoms with Crippen molar-refractivity contribution in [3.05, 3.63) is 93.7 Å². The third-order valence-electron chi connectivity index (χ3n) is 6.55. The molecule has 1 saturated carbocycles. The highest BCUT2D eigenvalue weighted by molar-refractivity contribution is 7.11. The van der Waals surface area contributed by atoms with Crippen LogP contribution >= 0.6 is 11.3 Å². The molecule has 0 unspecified atom stereocenters. The van der Waals surface area contributed by atoms with Gasteiger partial charge in [0.15, 0.2) is 0 Å². The zero-order valence-corrected chi connectivity index (χ0v) is 20.8. The number of nitrogens with zero attached hydrogens (tertiary/aromatic N) is 2. The fourth-order valence-corrected chi connectivity index (χ4v) is 5.63. The van der Waals surface area contributed by atoms with E-state index in [-0.39, 0.29) is 24.4 Å². The summed E-state index contributed by atoms with van der Waals surface area (Å²) in [4.78, 5) is 33.4. The molecule has 1 aliphatic carbocycles. The number of carbonyl (C=O) groups excluding carboxylic acids is 2. The van der Waals surface area contributed by atoms with Crippen molar-refractivity contribution in [2.24, 2.45) is 0 Å². The second-order valence-electron chi connectivity index (χ2n) is 9.22. The number of benzene rings is 2. The van der Waals surface area contributed by atoms with Crippen molar-refractivity contribution in [1.82, 2.24) is 9.80 Å². The van der Waals surface area contributed by atoms with Crippen LogP contribution in [0.15, 0.2) is 72.8 Å². The van der Waals surface area contributed by atoms with E-state index in [9.17, 15) is 9.59 Å². The Morgan fingerprint density at radius 3 is 2.06 bits per heavy atom. The topological polar surface area (TPSA) is 40.6 Å². The Balaban J connectivity index is 1.53. The van der Waals surface area contributed by atoms with Crippen LogP contribution < -0.4 is 0 Å². The van der Waals surface area contributed by atoms with Gasteiger partial charge in [0.2, 0.25) is 11.8 Å². The average molecular weight is 475 g/mol. The number of aryl methyl sites for hydroxylation is 1. The van der Waals surface area contributed by atoms with Crippen LogP contribution in [-0.2, 0) is 29.1 Å². The Morgan fingerprint density at radius 2 is 1.44 bits per heavy atom. The van der Waals surface area contributed by atoms with E-state index in [0.29, 0.717) is 19.5 Å². The molecule has 1 heterocycles. The van der Waals surface area contributed by atoms with E-state index in [4.69, 9.17) is 0 Å². The molecule has 0 N–H and O–H groups in total. The third kappa shape index (κ3) is 6.80. The van der Waals surface area contributed by atoms with Gasteiger partial charge in [-0.3, -0.25) is 9.59 Å². The lowest BCUT2D eigenvalue weighted by molar-refractivity contribution is -0.143. The highest BCUT2D eigenvalue weighted by Crippen LogP contribution is 2.24. The first-order valence-corrected chi connectivity index (χ1v) is 13.1. The molecule has 1 aromatic heterocycles. The van der Waals surface area contributed by atoms with Gasteiger partial charge in [-0.1, -0.05) is 79.9 Å². The molecular weight excluding hydrogens is 440 g/mol. The van der Waals surface area contributed by atoms with Gasteiger partial charge in [-0.05, 0) is 43.0 Å². The van der Waals surface area contributed by atoms with Gasteiger partial charge < -0.3 is 9.80 Å². The van der Waals surface area contributed by atoms with E-state index in [1.807, 2.05) is 58.3 Å². The van der Waals surface area contributed by atoms with Crippen molar-refractivity contribution in [3.63, 3.8) is 0 Å². The van der Waals surface area contributed by atoms with Crippen molar-refractivity contribution < 1.29 is 9.59 Å². The van der Waals surface area contributed by atoms with Crippen LogP contribution in [0.3, 0.4) is 0 Å². The zero-order chi connectivity index (χ0) is 23.8. The van der Waals surface area contributed by atoms with Gasteiger partial charge in [0.1, 0.15) is 6.54 Å². The molecule has 4 nitrogen and oxygen atoms in total. The van der Waals surface area contributed by atoms with E-state index in [1.165, 1.54) is 16.2 Å². The van der Waals surface area contributed by atoms with Crippen molar-refractivity contribution in [2.45, 2.75) is 64.6 Å². The number of amides is 2. The van der Waals surface area contributed by atoms with E-state index in [1.54, 1.807) is 11.3 Å². The lowest BCUT2D eigenvalue weighted by Crippen LogP contribution is -2.48. The molecule has 0 bridgehead atoms. The maximum Gasteiger partial charge on any atom is 0.242 e. The summed E-state index contributed by atoms with van der Waals surface area (Å²) in [5.74, 6) is 0.0694. The van der Waals surface area contributed by atoms with Crippen LogP contribution in [0.4, 0.5) is 0 Å². The monoisotopic (exact) mass is 474 g/mol. The summed E-state index contributed by atoms with van der Waals surface area (Å²) in [6.07, 6.45) is 5.76. The van der Waals surface area contributed by atoms with Crippen molar-refractivity contribution in [2.75, 3.05) is 6.54 Å². The quantitative estimate of drug-likeness (QED) is 0.382. The lowest BCUT2D eigenvalue weighted by Gasteiger charge is -2.35. The first-order valence-electron chi connectivity index (χ1n) is 12.3. The Hall–Kier alpha value is -2.92. The predicted molar refractivity (Wildman–Crippen MR) is 138 cm³/mol. The molecule has 2 amide bonds. The molecule has 1 aliphatic rings. The van der Waals surface area contributed by atoms with E-state index >= 15 is 0 Å². The zero-order valence-electron chi connectivity index (χ0n) is 20.0. The van der Waals surface area contributed by atoms with Crippen LogP contribution in [0.5, 0.6) is 0 Å². The molecular formula is C29H34N2O2S. The first-order chi connectivity index (χ1) is 16.6. The number of rotatable bonds is 9. The van der Waals surface area contributed by atoms with Crippen LogP contribution in [0.2, 0.25) is 0 Å². The summed E-state index contributed by atoms with van der Waals surface area (Å²) in [7, 11) is 0. The number of thiophene rings is 1. The first kappa shape index (κ1) is 24.2. The van der Waals surface area contributed by atoms with Gasteiger partial charge in [0.25, 0.3) is 0 Å². The molecule has 0 saturated heterocycles. The van der Waals surface area contributed by atoms with Gasteiger partial charge in [0.05, 0.1) is 13.0 Å². The predicted octanol–water partition coefficient (Wildman–Crippen LogP) is 5.99. The van der Waals surface area contributed by atoms with Crippen molar-refractivity contribution in [1.29, 1.82) is 0 Å². The van der Waals surface area contributed by atoms with E-state index in [0.717, 1.165) is 36.8 Å². The summed E-state index contributed by atoms with van der Waals surface area (Å²) in [6, 6.07) is 24.3. The van der Waals surface area contributed by atoms with Gasteiger partial charge in [0, 0.05) is 22.3 Å². The fourth-order valence-electron chi connectivity index (χ4n) is 4.73. The van der Waals surface area contributed by atoms with Crippen LogP contribution in [-0.4, -0.2) is 34.2 Å². The molecule has 0 radical (unpaired) electrons. The molecule has 34 heavy (non-hydrogen) atoms. The Labute approximate surface area is 207 Å². The summed E-state index contributed by atoms with van der Waals surface area (Å²) < 4.78 is 0. The van der Waals surface area contributed by atoms with Gasteiger partial charge >= 0.3 is 0 Å². The number of carbonyl (C=O) groups is 2. The maximum atomic E-state index is 13.7. The molecule has 178 valence electrons. The molecule has 0 atom stereocenters. The minimum atomic E-state index is 0.0156. The summed E-state index contributed by atoms with van der Waals surface area (Å²) in [6.45, 7) is 3.34. The lowest BCUT2D eigenvalue weighted by atomic mass is 9.93. The molecule has 4 rings (SSSR count). The van der Waals surface area contributed by atoms with E-state index < -0.39 is 0 Å². The minimum Gasteiger partial charge on any atom is -0.332 e. The molecule has 0 spiro atoms. The Morgan fingerprint density at radius 1 is 0.794 bits per heavy atom.